The molecule has 1 N–H and O–H groups in total. The van der Waals surface area contributed by atoms with Gasteiger partial charge in [0.2, 0.25) is 5.91 Å². The molecule has 0 radical (unpaired) electrons. The summed E-state index contributed by atoms with van der Waals surface area (Å²) in [7, 11) is 1.56. The van der Waals surface area contributed by atoms with Crippen LogP contribution in [0.25, 0.3) is 0 Å². The highest BCUT2D eigenvalue weighted by Crippen LogP contribution is 2.37. The molecule has 2 rings (SSSR count). The number of hydrogen-bond donors (Lipinski definition) is 1. The summed E-state index contributed by atoms with van der Waals surface area (Å²) in [5.74, 6) is 0.928. The van der Waals surface area contributed by atoms with Crippen LogP contribution in [-0.4, -0.2) is 50.1 Å². The molecular weight excluding hydrogens is 436 g/mol. The van der Waals surface area contributed by atoms with Crippen molar-refractivity contribution in [3.63, 3.8) is 0 Å². The summed E-state index contributed by atoms with van der Waals surface area (Å²) in [5, 5.41) is 3.04. The van der Waals surface area contributed by atoms with Crippen LogP contribution in [0.2, 0.25) is 0 Å². The lowest BCUT2D eigenvalue weighted by atomic mass is 9.96. The third-order valence-corrected chi connectivity index (χ3v) is 5.76. The van der Waals surface area contributed by atoms with E-state index in [0.29, 0.717) is 47.8 Å². The van der Waals surface area contributed by atoms with Gasteiger partial charge in [0.25, 0.3) is 5.91 Å². The number of nitrogens with zero attached hydrogens (tertiary/aromatic N) is 1. The number of rotatable bonds is 10. The summed E-state index contributed by atoms with van der Waals surface area (Å²) in [6, 6.07) is 3.46. The van der Waals surface area contributed by atoms with Gasteiger partial charge in [0, 0.05) is 25.2 Å². The maximum atomic E-state index is 13.1. The zero-order valence-corrected chi connectivity index (χ0v) is 19.3. The number of amides is 2. The van der Waals surface area contributed by atoms with E-state index >= 15 is 0 Å². The smallest absolute Gasteiger partial charge is 0.254 e. The first-order valence-electron chi connectivity index (χ1n) is 10.6. The normalized spacial score (nSPS) is 16.4. The lowest BCUT2D eigenvalue weighted by Crippen LogP contribution is -2.45. The van der Waals surface area contributed by atoms with Crippen LogP contribution in [0.15, 0.2) is 16.6 Å². The minimum Gasteiger partial charge on any atom is -0.493 e. The third kappa shape index (κ3) is 6.63. The number of methoxy groups -OCH3 is 1. The van der Waals surface area contributed by atoms with Gasteiger partial charge in [-0.1, -0.05) is 26.2 Å². The Bertz CT molecular complexity index is 696. The van der Waals surface area contributed by atoms with Gasteiger partial charge in [0.15, 0.2) is 11.5 Å². The van der Waals surface area contributed by atoms with E-state index in [-0.39, 0.29) is 17.7 Å². The summed E-state index contributed by atoms with van der Waals surface area (Å²) in [6.07, 6.45) is 6.17. The molecule has 1 fully saturated rings. The van der Waals surface area contributed by atoms with E-state index in [9.17, 15) is 9.59 Å². The first-order valence-corrected chi connectivity index (χ1v) is 11.4. The number of halogens is 1. The van der Waals surface area contributed by atoms with Gasteiger partial charge >= 0.3 is 0 Å². The van der Waals surface area contributed by atoms with Crippen LogP contribution in [0.3, 0.4) is 0 Å². The average molecular weight is 469 g/mol. The van der Waals surface area contributed by atoms with E-state index < -0.39 is 0 Å². The molecule has 1 heterocycles. The fraction of sp³-hybridized carbons (Fsp3) is 0.636. The van der Waals surface area contributed by atoms with E-state index in [2.05, 4.69) is 28.2 Å². The van der Waals surface area contributed by atoms with E-state index in [1.165, 1.54) is 12.8 Å². The Morgan fingerprint density at radius 1 is 1.24 bits per heavy atom. The van der Waals surface area contributed by atoms with E-state index in [0.717, 1.165) is 25.7 Å². The highest BCUT2D eigenvalue weighted by atomic mass is 79.9. The maximum absolute atomic E-state index is 13.1. The molecule has 1 aromatic carbocycles. The predicted molar refractivity (Wildman–Crippen MR) is 118 cm³/mol. The standard InChI is InChI=1S/C22H33BrN2O4/c1-4-6-7-8-11-24-21(26)16-10-9-12-25(15-16)22(27)17-13-18(23)20(29-5-2)19(14-17)28-3/h13-14,16H,4-12,15H2,1-3H3,(H,24,26). The van der Waals surface area contributed by atoms with Crippen molar-refractivity contribution in [1.82, 2.24) is 10.2 Å². The molecule has 0 aliphatic carbocycles. The van der Waals surface area contributed by atoms with Crippen molar-refractivity contribution >= 4 is 27.7 Å². The molecule has 29 heavy (non-hydrogen) atoms. The Morgan fingerprint density at radius 3 is 2.72 bits per heavy atom. The van der Waals surface area contributed by atoms with Gasteiger partial charge in [-0.05, 0) is 54.2 Å². The number of likely N-dealkylation sites (tertiary alicyclic amines) is 1. The second kappa shape index (κ2) is 12.1. The summed E-state index contributed by atoms with van der Waals surface area (Å²) in [4.78, 5) is 27.4. The number of unbranched alkanes of at least 4 members (excludes halogenated alkanes) is 3. The molecule has 6 nitrogen and oxygen atoms in total. The quantitative estimate of drug-likeness (QED) is 0.516. The molecule has 1 aliphatic rings. The predicted octanol–water partition coefficient (Wildman–Crippen LogP) is 4.41. The van der Waals surface area contributed by atoms with Gasteiger partial charge < -0.3 is 19.7 Å². The highest BCUT2D eigenvalue weighted by molar-refractivity contribution is 9.10. The van der Waals surface area contributed by atoms with Gasteiger partial charge in [-0.15, -0.1) is 0 Å². The fourth-order valence-corrected chi connectivity index (χ4v) is 4.15. The number of nitrogens with one attached hydrogen (secondary N) is 1. The highest BCUT2D eigenvalue weighted by Gasteiger charge is 2.29. The van der Waals surface area contributed by atoms with Crippen LogP contribution < -0.4 is 14.8 Å². The van der Waals surface area contributed by atoms with Gasteiger partial charge in [0.1, 0.15) is 0 Å². The number of benzene rings is 1. The lowest BCUT2D eigenvalue weighted by Gasteiger charge is -2.32. The summed E-state index contributed by atoms with van der Waals surface area (Å²) >= 11 is 3.47. The van der Waals surface area contributed by atoms with Gasteiger partial charge in [0.05, 0.1) is 24.1 Å². The van der Waals surface area contributed by atoms with Gasteiger partial charge in [-0.25, -0.2) is 0 Å². The van der Waals surface area contributed by atoms with Crippen LogP contribution in [0, 0.1) is 5.92 Å². The van der Waals surface area contributed by atoms with E-state index in [1.807, 2.05) is 6.92 Å². The summed E-state index contributed by atoms with van der Waals surface area (Å²) in [5.41, 5.74) is 0.526. The molecule has 1 aliphatic heterocycles. The fourth-order valence-electron chi connectivity index (χ4n) is 3.59. The molecule has 1 aromatic rings. The second-order valence-corrected chi connectivity index (χ2v) is 8.22. The molecule has 1 unspecified atom stereocenters. The average Bonchev–Trinajstić information content (AvgIpc) is 2.74. The first kappa shape index (κ1) is 23.5. The number of ether oxygens (including phenoxy) is 2. The number of piperidine rings is 1. The third-order valence-electron chi connectivity index (χ3n) is 5.17. The summed E-state index contributed by atoms with van der Waals surface area (Å²) in [6.45, 7) is 6.40. The van der Waals surface area contributed by atoms with Crippen molar-refractivity contribution in [2.24, 2.45) is 5.92 Å². The van der Waals surface area contributed by atoms with Crippen molar-refractivity contribution in [2.75, 3.05) is 33.4 Å². The SMILES string of the molecule is CCCCCCNC(=O)C1CCCN(C(=O)c2cc(Br)c(OCC)c(OC)c2)C1. The van der Waals surface area contributed by atoms with Crippen molar-refractivity contribution < 1.29 is 19.1 Å². The Balaban J connectivity index is 2.00. The minimum atomic E-state index is -0.146. The zero-order chi connectivity index (χ0) is 21.2. The molecular formula is C22H33BrN2O4. The molecule has 7 heteroatoms. The minimum absolute atomic E-state index is 0.0597. The van der Waals surface area contributed by atoms with Gasteiger partial charge in [-0.3, -0.25) is 9.59 Å². The molecule has 0 spiro atoms. The Morgan fingerprint density at radius 2 is 2.03 bits per heavy atom. The van der Waals surface area contributed by atoms with Crippen LogP contribution in [0.5, 0.6) is 11.5 Å². The first-order chi connectivity index (χ1) is 14.0. The van der Waals surface area contributed by atoms with Crippen molar-refractivity contribution in [3.05, 3.63) is 22.2 Å². The van der Waals surface area contributed by atoms with Crippen LogP contribution >= 0.6 is 15.9 Å². The Hall–Kier alpha value is -1.76. The lowest BCUT2D eigenvalue weighted by molar-refractivity contribution is -0.126. The van der Waals surface area contributed by atoms with Crippen molar-refractivity contribution in [1.29, 1.82) is 0 Å². The second-order valence-electron chi connectivity index (χ2n) is 7.36. The molecule has 162 valence electrons. The molecule has 0 saturated carbocycles. The molecule has 1 atom stereocenters. The zero-order valence-electron chi connectivity index (χ0n) is 17.8. The topological polar surface area (TPSA) is 67.9 Å². The van der Waals surface area contributed by atoms with Crippen molar-refractivity contribution in [2.45, 2.75) is 52.4 Å². The summed E-state index contributed by atoms with van der Waals surface area (Å²) < 4.78 is 11.7. The molecule has 1 saturated heterocycles. The van der Waals surface area contributed by atoms with Crippen molar-refractivity contribution in [3.8, 4) is 11.5 Å². The van der Waals surface area contributed by atoms with Gasteiger partial charge in [-0.2, -0.15) is 0 Å². The maximum Gasteiger partial charge on any atom is 0.254 e. The monoisotopic (exact) mass is 468 g/mol. The molecule has 2 amide bonds. The Labute approximate surface area is 182 Å². The largest absolute Gasteiger partial charge is 0.493 e. The Kier molecular flexibility index (Phi) is 9.78. The van der Waals surface area contributed by atoms with Crippen LogP contribution in [-0.2, 0) is 4.79 Å². The number of carbonyl (C=O) groups is 2. The van der Waals surface area contributed by atoms with E-state index in [4.69, 9.17) is 9.47 Å². The van der Waals surface area contributed by atoms with E-state index in [1.54, 1.807) is 24.1 Å². The van der Waals surface area contributed by atoms with Crippen LogP contribution in [0.1, 0.15) is 62.7 Å². The molecule has 0 bridgehead atoms. The number of hydrogen-bond acceptors (Lipinski definition) is 4. The van der Waals surface area contributed by atoms with Crippen LogP contribution in [0.4, 0.5) is 0 Å². The number of carbonyl (C=O) groups excluding carboxylic acids is 2. The molecule has 0 aromatic heterocycles.